The van der Waals surface area contributed by atoms with Crippen molar-refractivity contribution in [1.82, 2.24) is 4.72 Å². The van der Waals surface area contributed by atoms with E-state index in [1.54, 1.807) is 11.8 Å². The molecule has 0 amide bonds. The van der Waals surface area contributed by atoms with Crippen LogP contribution in [0.1, 0.15) is 12.0 Å². The van der Waals surface area contributed by atoms with Crippen LogP contribution in [-0.4, -0.2) is 32.1 Å². The molecule has 0 aliphatic heterocycles. The minimum Gasteiger partial charge on any atom is -0.392 e. The number of benzene rings is 1. The van der Waals surface area contributed by atoms with E-state index in [9.17, 15) is 12.8 Å². The van der Waals surface area contributed by atoms with Crippen LogP contribution in [0, 0.1) is 5.82 Å². The maximum absolute atomic E-state index is 13.1. The Morgan fingerprint density at radius 3 is 2.78 bits per heavy atom. The summed E-state index contributed by atoms with van der Waals surface area (Å²) in [6.45, 7) is -0.147. The number of rotatable bonds is 7. The van der Waals surface area contributed by atoms with Gasteiger partial charge in [-0.1, -0.05) is 6.07 Å². The predicted octanol–water partition coefficient (Wildman–Crippen LogP) is 1.35. The Bertz CT molecular complexity index is 491. The fraction of sp³-hybridized carbons (Fsp3) is 0.455. The summed E-state index contributed by atoms with van der Waals surface area (Å²) in [7, 11) is -3.77. The molecule has 0 fully saturated rings. The second-order valence-electron chi connectivity index (χ2n) is 3.65. The maximum Gasteiger partial charge on any atom is 0.241 e. The van der Waals surface area contributed by atoms with Gasteiger partial charge in [-0.25, -0.2) is 17.5 Å². The third-order valence-electron chi connectivity index (χ3n) is 2.31. The van der Waals surface area contributed by atoms with E-state index in [1.165, 1.54) is 6.07 Å². The van der Waals surface area contributed by atoms with Gasteiger partial charge < -0.3 is 5.11 Å². The molecule has 0 heterocycles. The molecule has 0 aliphatic rings. The van der Waals surface area contributed by atoms with Crippen LogP contribution in [-0.2, 0) is 16.6 Å². The molecule has 2 N–H and O–H groups in total. The molecule has 0 aromatic heterocycles. The molecule has 0 radical (unpaired) electrons. The van der Waals surface area contributed by atoms with Crippen LogP contribution in [0.5, 0.6) is 0 Å². The molecule has 0 bridgehead atoms. The molecule has 0 spiro atoms. The van der Waals surface area contributed by atoms with Crippen molar-refractivity contribution in [2.24, 2.45) is 0 Å². The first kappa shape index (κ1) is 15.4. The largest absolute Gasteiger partial charge is 0.392 e. The Hall–Kier alpha value is -0.630. The molecule has 0 saturated carbocycles. The van der Waals surface area contributed by atoms with Gasteiger partial charge in [0.15, 0.2) is 0 Å². The fourth-order valence-corrected chi connectivity index (χ4v) is 3.16. The highest BCUT2D eigenvalue weighted by atomic mass is 32.2. The number of hydrogen-bond acceptors (Lipinski definition) is 4. The first-order chi connectivity index (χ1) is 8.51. The lowest BCUT2D eigenvalue weighted by atomic mass is 10.2. The highest BCUT2D eigenvalue weighted by molar-refractivity contribution is 7.98. The number of halogens is 1. The molecule has 102 valence electrons. The Morgan fingerprint density at radius 2 is 2.17 bits per heavy atom. The second kappa shape index (κ2) is 7.08. The van der Waals surface area contributed by atoms with Crippen LogP contribution in [0.25, 0.3) is 0 Å². The van der Waals surface area contributed by atoms with Crippen molar-refractivity contribution in [1.29, 1.82) is 0 Å². The predicted molar refractivity (Wildman–Crippen MR) is 70.5 cm³/mol. The molecule has 7 heteroatoms. The second-order valence-corrected chi connectivity index (χ2v) is 6.38. The van der Waals surface area contributed by atoms with Gasteiger partial charge in [0.2, 0.25) is 10.0 Å². The fourth-order valence-electron chi connectivity index (χ4n) is 1.41. The third-order valence-corrected chi connectivity index (χ3v) is 4.55. The Morgan fingerprint density at radius 1 is 1.44 bits per heavy atom. The number of hydrogen-bond donors (Lipinski definition) is 2. The average molecular weight is 293 g/mol. The van der Waals surface area contributed by atoms with E-state index in [0.29, 0.717) is 13.0 Å². The van der Waals surface area contributed by atoms with Crippen LogP contribution in [0.2, 0.25) is 0 Å². The molecule has 0 aliphatic carbocycles. The van der Waals surface area contributed by atoms with Crippen molar-refractivity contribution >= 4 is 21.8 Å². The van der Waals surface area contributed by atoms with Crippen LogP contribution < -0.4 is 4.72 Å². The van der Waals surface area contributed by atoms with Crippen molar-refractivity contribution in [2.75, 3.05) is 18.6 Å². The normalized spacial score (nSPS) is 11.7. The number of sulfonamides is 1. The van der Waals surface area contributed by atoms with Gasteiger partial charge in [-0.3, -0.25) is 0 Å². The zero-order chi connectivity index (χ0) is 13.6. The van der Waals surface area contributed by atoms with Crippen LogP contribution in [0.3, 0.4) is 0 Å². The highest BCUT2D eigenvalue weighted by Gasteiger charge is 2.18. The molecule has 1 rings (SSSR count). The van der Waals surface area contributed by atoms with Gasteiger partial charge >= 0.3 is 0 Å². The molecule has 18 heavy (non-hydrogen) atoms. The van der Waals surface area contributed by atoms with Gasteiger partial charge in [-0.15, -0.1) is 0 Å². The van der Waals surface area contributed by atoms with Gasteiger partial charge in [0.1, 0.15) is 5.82 Å². The number of aliphatic hydroxyl groups excluding tert-OH is 1. The van der Waals surface area contributed by atoms with E-state index < -0.39 is 22.4 Å². The molecule has 0 unspecified atom stereocenters. The monoisotopic (exact) mass is 293 g/mol. The van der Waals surface area contributed by atoms with E-state index in [1.807, 2.05) is 6.26 Å². The molecule has 4 nitrogen and oxygen atoms in total. The summed E-state index contributed by atoms with van der Waals surface area (Å²) in [6, 6.07) is 3.31. The van der Waals surface area contributed by atoms with E-state index in [2.05, 4.69) is 4.72 Å². The van der Waals surface area contributed by atoms with Crippen molar-refractivity contribution in [3.63, 3.8) is 0 Å². The first-order valence-corrected chi connectivity index (χ1v) is 8.27. The maximum atomic E-state index is 13.1. The summed E-state index contributed by atoms with van der Waals surface area (Å²) in [6.07, 6.45) is 2.63. The van der Waals surface area contributed by atoms with E-state index in [-0.39, 0.29) is 10.5 Å². The standard InChI is InChI=1S/C11H16FNO3S2/c1-17-6-2-5-13-18(15,16)11-7-10(12)4-3-9(11)8-14/h3-4,7,13-14H,2,5-6,8H2,1H3. The van der Waals surface area contributed by atoms with Crippen LogP contribution in [0.4, 0.5) is 4.39 Å². The number of aliphatic hydroxyl groups is 1. The quantitative estimate of drug-likeness (QED) is 0.745. The average Bonchev–Trinajstić information content (AvgIpc) is 2.35. The van der Waals surface area contributed by atoms with Gasteiger partial charge in [-0.05, 0) is 36.1 Å². The van der Waals surface area contributed by atoms with Gasteiger partial charge in [0, 0.05) is 6.54 Å². The smallest absolute Gasteiger partial charge is 0.241 e. The summed E-state index contributed by atoms with van der Waals surface area (Å²) in [5.74, 6) is 0.204. The summed E-state index contributed by atoms with van der Waals surface area (Å²) < 4.78 is 39.3. The van der Waals surface area contributed by atoms with E-state index in [0.717, 1.165) is 17.9 Å². The lowest BCUT2D eigenvalue weighted by Crippen LogP contribution is -2.26. The van der Waals surface area contributed by atoms with Crippen LogP contribution in [0.15, 0.2) is 23.1 Å². The zero-order valence-electron chi connectivity index (χ0n) is 10.0. The first-order valence-electron chi connectivity index (χ1n) is 5.39. The van der Waals surface area contributed by atoms with Crippen molar-refractivity contribution in [3.05, 3.63) is 29.6 Å². The minimum atomic E-state index is -3.77. The summed E-state index contributed by atoms with van der Waals surface area (Å²) in [4.78, 5) is -0.200. The molecular weight excluding hydrogens is 277 g/mol. The third kappa shape index (κ3) is 4.24. The summed E-state index contributed by atoms with van der Waals surface area (Å²) in [5, 5.41) is 9.06. The van der Waals surface area contributed by atoms with E-state index >= 15 is 0 Å². The Balaban J connectivity index is 2.87. The van der Waals surface area contributed by atoms with Crippen LogP contribution >= 0.6 is 11.8 Å². The zero-order valence-corrected chi connectivity index (χ0v) is 11.7. The van der Waals surface area contributed by atoms with E-state index in [4.69, 9.17) is 5.11 Å². The molecule has 0 saturated heterocycles. The summed E-state index contributed by atoms with van der Waals surface area (Å²) >= 11 is 1.62. The summed E-state index contributed by atoms with van der Waals surface area (Å²) in [5.41, 5.74) is 0.189. The number of nitrogens with one attached hydrogen (secondary N) is 1. The topological polar surface area (TPSA) is 66.4 Å². The Labute approximate surface area is 111 Å². The number of thioether (sulfide) groups is 1. The molecule has 1 aromatic rings. The molecule has 1 aromatic carbocycles. The minimum absolute atomic E-state index is 0.189. The van der Waals surface area contributed by atoms with Gasteiger partial charge in [0.05, 0.1) is 11.5 Å². The highest BCUT2D eigenvalue weighted by Crippen LogP contribution is 2.17. The molecule has 0 atom stereocenters. The van der Waals surface area contributed by atoms with Gasteiger partial charge in [0.25, 0.3) is 0 Å². The lowest BCUT2D eigenvalue weighted by Gasteiger charge is -2.10. The van der Waals surface area contributed by atoms with Crippen molar-refractivity contribution in [2.45, 2.75) is 17.9 Å². The lowest BCUT2D eigenvalue weighted by molar-refractivity contribution is 0.278. The van der Waals surface area contributed by atoms with Crippen molar-refractivity contribution in [3.8, 4) is 0 Å². The Kier molecular flexibility index (Phi) is 6.07. The van der Waals surface area contributed by atoms with Gasteiger partial charge in [-0.2, -0.15) is 11.8 Å². The molecular formula is C11H16FNO3S2. The SMILES string of the molecule is CSCCCNS(=O)(=O)c1cc(F)ccc1CO. The van der Waals surface area contributed by atoms with Crippen molar-refractivity contribution < 1.29 is 17.9 Å².